The number of sulfone groups is 1. The number of carboxylic acid groups (broad SMARTS) is 1. The molecule has 0 saturated carbocycles. The van der Waals surface area contributed by atoms with Gasteiger partial charge >= 0.3 is 12.0 Å². The van der Waals surface area contributed by atoms with Crippen LogP contribution in [0.5, 0.6) is 0 Å². The first-order chi connectivity index (χ1) is 9.83. The monoisotopic (exact) mass is 338 g/mol. The molecule has 1 atom stereocenters. The molecule has 21 heavy (non-hydrogen) atoms. The smallest absolute Gasteiger partial charge is 0.323 e. The van der Waals surface area contributed by atoms with Gasteiger partial charge in [0, 0.05) is 30.3 Å². The number of carboxylic acids is 1. The zero-order valence-corrected chi connectivity index (χ0v) is 14.0. The van der Waals surface area contributed by atoms with Gasteiger partial charge in [-0.05, 0) is 6.42 Å². The molecule has 9 heteroatoms. The van der Waals surface area contributed by atoms with Crippen LogP contribution in [0.3, 0.4) is 0 Å². The molecule has 0 spiro atoms. The number of nitrogens with zero attached hydrogens (tertiary/aromatic N) is 2. The summed E-state index contributed by atoms with van der Waals surface area (Å²) in [5.74, 6) is -0.129. The molecule has 0 aromatic heterocycles. The van der Waals surface area contributed by atoms with Crippen molar-refractivity contribution in [2.24, 2.45) is 0 Å². The molecule has 1 N–H and O–H groups in total. The first kappa shape index (κ1) is 18.1. The second-order valence-corrected chi connectivity index (χ2v) is 8.37. The Labute approximate surface area is 129 Å². The Balaban J connectivity index is 2.96. The van der Waals surface area contributed by atoms with Crippen LogP contribution >= 0.6 is 11.8 Å². The minimum atomic E-state index is -3.38. The molecule has 1 heterocycles. The van der Waals surface area contributed by atoms with Crippen molar-refractivity contribution in [3.05, 3.63) is 0 Å². The number of carbonyl (C=O) groups is 2. The SMILES string of the molecule is CCCN(CC(=O)O)C(=O)N1CCSCC1S(=O)(=O)CC. The quantitative estimate of drug-likeness (QED) is 0.766. The first-order valence-electron chi connectivity index (χ1n) is 6.90. The molecule has 1 saturated heterocycles. The van der Waals surface area contributed by atoms with Gasteiger partial charge in [0.1, 0.15) is 11.9 Å². The van der Waals surface area contributed by atoms with Gasteiger partial charge in [-0.1, -0.05) is 13.8 Å². The summed E-state index contributed by atoms with van der Waals surface area (Å²) in [7, 11) is -3.38. The van der Waals surface area contributed by atoms with E-state index in [-0.39, 0.29) is 5.75 Å². The second kappa shape index (κ2) is 7.88. The number of amides is 2. The highest BCUT2D eigenvalue weighted by atomic mass is 32.2. The van der Waals surface area contributed by atoms with Crippen LogP contribution < -0.4 is 0 Å². The van der Waals surface area contributed by atoms with Crippen LogP contribution in [-0.4, -0.2) is 77.6 Å². The maximum atomic E-state index is 12.5. The van der Waals surface area contributed by atoms with E-state index in [1.54, 1.807) is 6.92 Å². The van der Waals surface area contributed by atoms with Crippen molar-refractivity contribution in [2.75, 3.05) is 36.9 Å². The maximum Gasteiger partial charge on any atom is 0.323 e. The van der Waals surface area contributed by atoms with Gasteiger partial charge in [-0.25, -0.2) is 13.2 Å². The molecule has 1 rings (SSSR count). The average molecular weight is 338 g/mol. The fourth-order valence-corrected chi connectivity index (χ4v) is 5.11. The third-order valence-corrected chi connectivity index (χ3v) is 6.53. The van der Waals surface area contributed by atoms with Crippen molar-refractivity contribution in [1.82, 2.24) is 9.80 Å². The number of hydrogen-bond acceptors (Lipinski definition) is 5. The average Bonchev–Trinajstić information content (AvgIpc) is 2.45. The molecule has 0 aromatic rings. The predicted octanol–water partition coefficient (Wildman–Crippen LogP) is 0.713. The standard InChI is InChI=1S/C12H22N2O5S2/c1-3-5-13(8-11(15)16)12(17)14-6-7-20-9-10(14)21(18,19)4-2/h10H,3-9H2,1-2H3,(H,15,16). The number of urea groups is 1. The second-order valence-electron chi connectivity index (χ2n) is 4.77. The van der Waals surface area contributed by atoms with Gasteiger partial charge in [-0.15, -0.1) is 0 Å². The van der Waals surface area contributed by atoms with Gasteiger partial charge in [0.2, 0.25) is 0 Å². The van der Waals surface area contributed by atoms with Crippen molar-refractivity contribution in [2.45, 2.75) is 25.6 Å². The summed E-state index contributed by atoms with van der Waals surface area (Å²) in [4.78, 5) is 25.9. The van der Waals surface area contributed by atoms with Gasteiger partial charge < -0.3 is 14.9 Å². The molecule has 0 aromatic carbocycles. The van der Waals surface area contributed by atoms with Crippen LogP contribution in [0.4, 0.5) is 4.79 Å². The molecule has 122 valence electrons. The number of carbonyl (C=O) groups excluding carboxylic acids is 1. The van der Waals surface area contributed by atoms with Crippen molar-refractivity contribution in [1.29, 1.82) is 0 Å². The van der Waals surface area contributed by atoms with E-state index >= 15 is 0 Å². The van der Waals surface area contributed by atoms with E-state index < -0.39 is 33.8 Å². The largest absolute Gasteiger partial charge is 0.480 e. The van der Waals surface area contributed by atoms with E-state index in [0.717, 1.165) is 0 Å². The zero-order chi connectivity index (χ0) is 16.0. The molecule has 0 bridgehead atoms. The van der Waals surface area contributed by atoms with E-state index in [4.69, 9.17) is 5.11 Å². The third-order valence-electron chi connectivity index (χ3n) is 3.24. The molecular weight excluding hydrogens is 316 g/mol. The summed E-state index contributed by atoms with van der Waals surface area (Å²) < 4.78 is 24.3. The van der Waals surface area contributed by atoms with E-state index in [0.29, 0.717) is 31.0 Å². The molecule has 0 radical (unpaired) electrons. The summed E-state index contributed by atoms with van der Waals surface area (Å²) in [6.45, 7) is 3.61. The van der Waals surface area contributed by atoms with Crippen molar-refractivity contribution in [3.8, 4) is 0 Å². The Morgan fingerprint density at radius 3 is 2.57 bits per heavy atom. The molecule has 0 aliphatic carbocycles. The van der Waals surface area contributed by atoms with Gasteiger partial charge in [0.15, 0.2) is 9.84 Å². The highest BCUT2D eigenvalue weighted by Gasteiger charge is 2.37. The Hall–Kier alpha value is -0.960. The van der Waals surface area contributed by atoms with Crippen molar-refractivity contribution >= 4 is 33.6 Å². The van der Waals surface area contributed by atoms with E-state index in [1.165, 1.54) is 21.6 Å². The summed E-state index contributed by atoms with van der Waals surface area (Å²) in [5, 5.41) is 8.04. The van der Waals surface area contributed by atoms with Crippen LogP contribution in [-0.2, 0) is 14.6 Å². The van der Waals surface area contributed by atoms with E-state index in [2.05, 4.69) is 0 Å². The molecular formula is C12H22N2O5S2. The Morgan fingerprint density at radius 2 is 2.05 bits per heavy atom. The molecule has 1 aliphatic heterocycles. The predicted molar refractivity (Wildman–Crippen MR) is 82.2 cm³/mol. The Bertz CT molecular complexity index is 480. The van der Waals surface area contributed by atoms with Gasteiger partial charge in [0.05, 0.1) is 0 Å². The summed E-state index contributed by atoms with van der Waals surface area (Å²) in [5.41, 5.74) is 0. The van der Waals surface area contributed by atoms with Gasteiger partial charge in [-0.3, -0.25) is 4.79 Å². The van der Waals surface area contributed by atoms with Gasteiger partial charge in [0.25, 0.3) is 0 Å². The highest BCUT2D eigenvalue weighted by Crippen LogP contribution is 2.22. The van der Waals surface area contributed by atoms with E-state index in [9.17, 15) is 18.0 Å². The number of thioether (sulfide) groups is 1. The zero-order valence-electron chi connectivity index (χ0n) is 12.3. The highest BCUT2D eigenvalue weighted by molar-refractivity contribution is 8.01. The van der Waals surface area contributed by atoms with Crippen LogP contribution in [0.2, 0.25) is 0 Å². The van der Waals surface area contributed by atoms with Crippen molar-refractivity contribution < 1.29 is 23.1 Å². The number of aliphatic carboxylic acids is 1. The normalized spacial score (nSPS) is 19.3. The van der Waals surface area contributed by atoms with Crippen LogP contribution in [0.15, 0.2) is 0 Å². The molecule has 7 nitrogen and oxygen atoms in total. The minimum Gasteiger partial charge on any atom is -0.480 e. The Kier molecular flexibility index (Phi) is 6.79. The summed E-state index contributed by atoms with van der Waals surface area (Å²) in [6, 6.07) is -0.499. The Morgan fingerprint density at radius 1 is 1.38 bits per heavy atom. The topological polar surface area (TPSA) is 95.0 Å². The summed E-state index contributed by atoms with van der Waals surface area (Å²) in [6.07, 6.45) is 0.618. The molecule has 1 fully saturated rings. The lowest BCUT2D eigenvalue weighted by Crippen LogP contribution is -2.55. The van der Waals surface area contributed by atoms with Crippen LogP contribution in [0, 0.1) is 0 Å². The lowest BCUT2D eigenvalue weighted by atomic mass is 10.4. The number of rotatable bonds is 6. The first-order valence-corrected chi connectivity index (χ1v) is 9.77. The molecule has 1 aliphatic rings. The summed E-state index contributed by atoms with van der Waals surface area (Å²) >= 11 is 1.50. The van der Waals surface area contributed by atoms with E-state index in [1.807, 2.05) is 6.92 Å². The lowest BCUT2D eigenvalue weighted by Gasteiger charge is -2.37. The van der Waals surface area contributed by atoms with Crippen molar-refractivity contribution in [3.63, 3.8) is 0 Å². The molecule has 2 amide bonds. The lowest BCUT2D eigenvalue weighted by molar-refractivity contribution is -0.137. The minimum absolute atomic E-state index is 0.0330. The fourth-order valence-electron chi connectivity index (χ4n) is 2.15. The van der Waals surface area contributed by atoms with Gasteiger partial charge in [-0.2, -0.15) is 11.8 Å². The van der Waals surface area contributed by atoms with Crippen LogP contribution in [0.25, 0.3) is 0 Å². The molecule has 1 unspecified atom stereocenters. The fraction of sp³-hybridized carbons (Fsp3) is 0.833. The third kappa shape index (κ3) is 4.77. The maximum absolute atomic E-state index is 12.5. The number of hydrogen-bond donors (Lipinski definition) is 1. The van der Waals surface area contributed by atoms with Crippen LogP contribution in [0.1, 0.15) is 20.3 Å².